The summed E-state index contributed by atoms with van der Waals surface area (Å²) in [4.78, 5) is 16.1. The molecule has 1 heterocycles. The first kappa shape index (κ1) is 12.3. The average Bonchev–Trinajstić information content (AvgIpc) is 2.39. The summed E-state index contributed by atoms with van der Waals surface area (Å²) in [5.41, 5.74) is 2.10. The molecule has 0 saturated carbocycles. The lowest BCUT2D eigenvalue weighted by atomic mass is 10.1. The third-order valence-electron chi connectivity index (χ3n) is 2.68. The Morgan fingerprint density at radius 3 is 2.78 bits per heavy atom. The standard InChI is InChI=1S/C14H14N2O2/c1-10-5-2-3-7-12(10)14(18)16-13-11(9-17)6-4-8-15-13/h2-8,17H,9H2,1H3,(H,15,16,18). The topological polar surface area (TPSA) is 62.2 Å². The number of aromatic nitrogens is 1. The van der Waals surface area contributed by atoms with E-state index in [1.54, 1.807) is 24.4 Å². The second-order valence-corrected chi connectivity index (χ2v) is 3.94. The minimum atomic E-state index is -0.221. The molecule has 0 unspecified atom stereocenters. The van der Waals surface area contributed by atoms with Crippen molar-refractivity contribution in [1.82, 2.24) is 4.98 Å². The first-order chi connectivity index (χ1) is 8.72. The van der Waals surface area contributed by atoms with Gasteiger partial charge in [-0.1, -0.05) is 24.3 Å². The van der Waals surface area contributed by atoms with Crippen LogP contribution in [0.3, 0.4) is 0 Å². The van der Waals surface area contributed by atoms with Gasteiger partial charge in [0.2, 0.25) is 0 Å². The molecule has 2 rings (SSSR count). The molecule has 4 heteroatoms. The van der Waals surface area contributed by atoms with Crippen LogP contribution in [0, 0.1) is 6.92 Å². The van der Waals surface area contributed by atoms with Crippen molar-refractivity contribution in [2.45, 2.75) is 13.5 Å². The van der Waals surface area contributed by atoms with Gasteiger partial charge in [0.15, 0.2) is 0 Å². The fourth-order valence-corrected chi connectivity index (χ4v) is 1.68. The quantitative estimate of drug-likeness (QED) is 0.866. The molecule has 0 spiro atoms. The Labute approximate surface area is 105 Å². The Morgan fingerprint density at radius 1 is 1.28 bits per heavy atom. The molecule has 0 radical (unpaired) electrons. The van der Waals surface area contributed by atoms with Crippen LogP contribution >= 0.6 is 0 Å². The monoisotopic (exact) mass is 242 g/mol. The van der Waals surface area contributed by atoms with Crippen LogP contribution in [0.1, 0.15) is 21.5 Å². The number of amides is 1. The highest BCUT2D eigenvalue weighted by Gasteiger charge is 2.11. The minimum Gasteiger partial charge on any atom is -0.392 e. The van der Waals surface area contributed by atoms with Gasteiger partial charge >= 0.3 is 0 Å². The SMILES string of the molecule is Cc1ccccc1C(=O)Nc1ncccc1CO. The van der Waals surface area contributed by atoms with Crippen molar-refractivity contribution in [1.29, 1.82) is 0 Å². The summed E-state index contributed by atoms with van der Waals surface area (Å²) < 4.78 is 0. The number of rotatable bonds is 3. The van der Waals surface area contributed by atoms with Crippen LogP contribution in [0.15, 0.2) is 42.6 Å². The Morgan fingerprint density at radius 2 is 2.06 bits per heavy atom. The van der Waals surface area contributed by atoms with E-state index in [4.69, 9.17) is 5.11 Å². The molecule has 0 fully saturated rings. The van der Waals surface area contributed by atoms with E-state index in [1.165, 1.54) is 0 Å². The molecular weight excluding hydrogens is 228 g/mol. The van der Waals surface area contributed by atoms with Crippen molar-refractivity contribution < 1.29 is 9.90 Å². The smallest absolute Gasteiger partial charge is 0.257 e. The summed E-state index contributed by atoms with van der Waals surface area (Å²) >= 11 is 0. The molecule has 1 aromatic carbocycles. The van der Waals surface area contributed by atoms with E-state index >= 15 is 0 Å². The predicted molar refractivity (Wildman–Crippen MR) is 69.3 cm³/mol. The fourth-order valence-electron chi connectivity index (χ4n) is 1.68. The number of nitrogens with one attached hydrogen (secondary N) is 1. The third kappa shape index (κ3) is 2.55. The van der Waals surface area contributed by atoms with Gasteiger partial charge < -0.3 is 10.4 Å². The second-order valence-electron chi connectivity index (χ2n) is 3.94. The zero-order valence-corrected chi connectivity index (χ0v) is 10.1. The number of carbonyl (C=O) groups is 1. The Kier molecular flexibility index (Phi) is 3.69. The number of nitrogens with zero attached hydrogens (tertiary/aromatic N) is 1. The molecule has 0 aliphatic carbocycles. The number of pyridine rings is 1. The van der Waals surface area contributed by atoms with Crippen molar-refractivity contribution in [3.05, 3.63) is 59.3 Å². The molecule has 0 aliphatic heterocycles. The predicted octanol–water partition coefficient (Wildman–Crippen LogP) is 2.13. The molecule has 4 nitrogen and oxygen atoms in total. The van der Waals surface area contributed by atoms with E-state index in [1.807, 2.05) is 25.1 Å². The number of aliphatic hydroxyl groups is 1. The van der Waals surface area contributed by atoms with E-state index in [0.717, 1.165) is 5.56 Å². The lowest BCUT2D eigenvalue weighted by Gasteiger charge is -2.09. The number of aryl methyl sites for hydroxylation is 1. The van der Waals surface area contributed by atoms with Gasteiger partial charge in [-0.2, -0.15) is 0 Å². The molecule has 0 bridgehead atoms. The molecule has 1 amide bonds. The van der Waals surface area contributed by atoms with Gasteiger partial charge in [-0.3, -0.25) is 4.79 Å². The lowest BCUT2D eigenvalue weighted by Crippen LogP contribution is -2.15. The van der Waals surface area contributed by atoms with Crippen molar-refractivity contribution in [3.8, 4) is 0 Å². The molecule has 0 atom stereocenters. The molecule has 0 saturated heterocycles. The minimum absolute atomic E-state index is 0.156. The summed E-state index contributed by atoms with van der Waals surface area (Å²) in [5, 5.41) is 11.9. The average molecular weight is 242 g/mol. The van der Waals surface area contributed by atoms with Crippen LogP contribution in [0.4, 0.5) is 5.82 Å². The number of hydrogen-bond acceptors (Lipinski definition) is 3. The van der Waals surface area contributed by atoms with E-state index < -0.39 is 0 Å². The Hall–Kier alpha value is -2.20. The Bertz CT molecular complexity index is 567. The summed E-state index contributed by atoms with van der Waals surface area (Å²) in [6.07, 6.45) is 1.58. The maximum absolute atomic E-state index is 12.1. The lowest BCUT2D eigenvalue weighted by molar-refractivity contribution is 0.102. The number of aliphatic hydroxyl groups excluding tert-OH is 1. The number of hydrogen-bond donors (Lipinski definition) is 2. The molecule has 92 valence electrons. The first-order valence-electron chi connectivity index (χ1n) is 5.64. The highest BCUT2D eigenvalue weighted by atomic mass is 16.3. The third-order valence-corrected chi connectivity index (χ3v) is 2.68. The zero-order valence-electron chi connectivity index (χ0n) is 10.1. The molecule has 0 aliphatic rings. The maximum Gasteiger partial charge on any atom is 0.257 e. The highest BCUT2D eigenvalue weighted by molar-refractivity contribution is 6.05. The van der Waals surface area contributed by atoms with Gasteiger partial charge in [-0.15, -0.1) is 0 Å². The van der Waals surface area contributed by atoms with Crippen molar-refractivity contribution in [2.24, 2.45) is 0 Å². The second kappa shape index (κ2) is 5.42. The first-order valence-corrected chi connectivity index (χ1v) is 5.64. The van der Waals surface area contributed by atoms with Crippen LogP contribution in [-0.2, 0) is 6.61 Å². The molecule has 2 aromatic rings. The molecule has 2 N–H and O–H groups in total. The van der Waals surface area contributed by atoms with Gasteiger partial charge in [0.1, 0.15) is 5.82 Å². The van der Waals surface area contributed by atoms with Crippen LogP contribution in [-0.4, -0.2) is 16.0 Å². The van der Waals surface area contributed by atoms with Gasteiger partial charge in [-0.25, -0.2) is 4.98 Å². The fraction of sp³-hybridized carbons (Fsp3) is 0.143. The summed E-state index contributed by atoms with van der Waals surface area (Å²) in [6, 6.07) is 10.8. The summed E-state index contributed by atoms with van der Waals surface area (Å²) in [6.45, 7) is 1.72. The van der Waals surface area contributed by atoms with Gasteiger partial charge in [0, 0.05) is 17.3 Å². The van der Waals surface area contributed by atoms with Crippen LogP contribution in [0.2, 0.25) is 0 Å². The van der Waals surface area contributed by atoms with Crippen molar-refractivity contribution >= 4 is 11.7 Å². The van der Waals surface area contributed by atoms with Crippen LogP contribution in [0.5, 0.6) is 0 Å². The Balaban J connectivity index is 2.24. The zero-order chi connectivity index (χ0) is 13.0. The maximum atomic E-state index is 12.1. The highest BCUT2D eigenvalue weighted by Crippen LogP contribution is 2.14. The van der Waals surface area contributed by atoms with Gasteiger partial charge in [-0.05, 0) is 24.6 Å². The van der Waals surface area contributed by atoms with Crippen LogP contribution < -0.4 is 5.32 Å². The van der Waals surface area contributed by atoms with E-state index in [-0.39, 0.29) is 12.5 Å². The number of anilines is 1. The van der Waals surface area contributed by atoms with E-state index in [2.05, 4.69) is 10.3 Å². The van der Waals surface area contributed by atoms with Gasteiger partial charge in [0.25, 0.3) is 5.91 Å². The van der Waals surface area contributed by atoms with Crippen molar-refractivity contribution in [3.63, 3.8) is 0 Å². The normalized spacial score (nSPS) is 10.1. The van der Waals surface area contributed by atoms with E-state index in [0.29, 0.717) is 16.9 Å². The number of benzene rings is 1. The largest absolute Gasteiger partial charge is 0.392 e. The number of carbonyl (C=O) groups excluding carboxylic acids is 1. The molecule has 18 heavy (non-hydrogen) atoms. The summed E-state index contributed by atoms with van der Waals surface area (Å²) in [5.74, 6) is 0.176. The molecular formula is C14H14N2O2. The van der Waals surface area contributed by atoms with Crippen LogP contribution in [0.25, 0.3) is 0 Å². The molecule has 1 aromatic heterocycles. The van der Waals surface area contributed by atoms with Gasteiger partial charge in [0.05, 0.1) is 6.61 Å². The van der Waals surface area contributed by atoms with E-state index in [9.17, 15) is 4.79 Å². The van der Waals surface area contributed by atoms with Crippen molar-refractivity contribution in [2.75, 3.05) is 5.32 Å². The summed E-state index contributed by atoms with van der Waals surface area (Å²) in [7, 11) is 0.